The van der Waals surface area contributed by atoms with Gasteiger partial charge in [-0.2, -0.15) is 0 Å². The normalized spacial score (nSPS) is 17.4. The molecular weight excluding hydrogens is 240 g/mol. The third-order valence-electron chi connectivity index (χ3n) is 3.84. The summed E-state index contributed by atoms with van der Waals surface area (Å²) in [5.74, 6) is 2.56. The number of aromatic nitrogens is 1. The van der Waals surface area contributed by atoms with Gasteiger partial charge < -0.3 is 10.3 Å². The van der Waals surface area contributed by atoms with Crippen molar-refractivity contribution in [3.05, 3.63) is 33.7 Å². The van der Waals surface area contributed by atoms with E-state index in [9.17, 15) is 9.59 Å². The van der Waals surface area contributed by atoms with E-state index in [1.54, 1.807) is 6.07 Å². The van der Waals surface area contributed by atoms with Crippen molar-refractivity contribution in [3.8, 4) is 12.3 Å². The van der Waals surface area contributed by atoms with Gasteiger partial charge in [0, 0.05) is 18.2 Å². The molecule has 4 heteroatoms. The molecule has 0 spiro atoms. The molecule has 1 saturated carbocycles. The Balaban J connectivity index is 2.49. The van der Waals surface area contributed by atoms with Crippen molar-refractivity contribution >= 4 is 6.41 Å². The van der Waals surface area contributed by atoms with Crippen molar-refractivity contribution in [1.29, 1.82) is 0 Å². The van der Waals surface area contributed by atoms with Crippen molar-refractivity contribution in [1.82, 2.24) is 10.3 Å². The number of amides is 1. The van der Waals surface area contributed by atoms with Crippen LogP contribution in [0.3, 0.4) is 0 Å². The van der Waals surface area contributed by atoms with Gasteiger partial charge >= 0.3 is 0 Å². The second kappa shape index (κ2) is 5.75. The topological polar surface area (TPSA) is 62.0 Å². The summed E-state index contributed by atoms with van der Waals surface area (Å²) in [4.78, 5) is 25.2. The van der Waals surface area contributed by atoms with Gasteiger partial charge in [0.1, 0.15) is 0 Å². The highest BCUT2D eigenvalue weighted by atomic mass is 16.1. The predicted molar refractivity (Wildman–Crippen MR) is 73.6 cm³/mol. The largest absolute Gasteiger partial charge is 0.349 e. The molecule has 19 heavy (non-hydrogen) atoms. The highest BCUT2D eigenvalue weighted by Gasteiger charge is 2.35. The van der Waals surface area contributed by atoms with Crippen LogP contribution in [0, 0.1) is 12.3 Å². The number of hydrogen-bond acceptors (Lipinski definition) is 2. The summed E-state index contributed by atoms with van der Waals surface area (Å²) in [6.45, 7) is 0. The maximum atomic E-state index is 11.4. The van der Waals surface area contributed by atoms with Gasteiger partial charge in [0.15, 0.2) is 0 Å². The molecule has 100 valence electrons. The lowest BCUT2D eigenvalue weighted by Gasteiger charge is -2.38. The van der Waals surface area contributed by atoms with E-state index in [-0.39, 0.29) is 11.1 Å². The lowest BCUT2D eigenvalue weighted by Crippen LogP contribution is -2.44. The van der Waals surface area contributed by atoms with E-state index in [4.69, 9.17) is 6.42 Å². The smallest absolute Gasteiger partial charge is 0.248 e. The Morgan fingerprint density at radius 1 is 1.37 bits per heavy atom. The predicted octanol–water partition coefficient (Wildman–Crippen LogP) is 1.46. The van der Waals surface area contributed by atoms with Crippen LogP contribution in [0.15, 0.2) is 16.9 Å². The molecule has 1 aliphatic carbocycles. The minimum Gasteiger partial charge on any atom is -0.349 e. The van der Waals surface area contributed by atoms with E-state index < -0.39 is 0 Å². The molecular formula is C15H18N2O2. The summed E-state index contributed by atoms with van der Waals surface area (Å²) in [7, 11) is 0. The van der Waals surface area contributed by atoms with Gasteiger partial charge in [-0.05, 0) is 24.5 Å². The lowest BCUT2D eigenvalue weighted by molar-refractivity contribution is -0.111. The first-order valence-electron chi connectivity index (χ1n) is 6.59. The molecule has 2 rings (SSSR count). The van der Waals surface area contributed by atoms with E-state index in [0.717, 1.165) is 43.4 Å². The molecule has 0 unspecified atom stereocenters. The first-order valence-corrected chi connectivity index (χ1v) is 6.59. The highest BCUT2D eigenvalue weighted by Crippen LogP contribution is 2.37. The minimum atomic E-state index is -0.379. The number of hydrogen-bond donors (Lipinski definition) is 2. The molecule has 0 saturated heterocycles. The number of carbonyl (C=O) groups is 1. The lowest BCUT2D eigenvalue weighted by atomic mass is 9.75. The van der Waals surface area contributed by atoms with Crippen LogP contribution in [0.2, 0.25) is 0 Å². The quantitative estimate of drug-likeness (QED) is 0.634. The fourth-order valence-corrected chi connectivity index (χ4v) is 2.97. The van der Waals surface area contributed by atoms with Crippen LogP contribution in [0.1, 0.15) is 43.4 Å². The van der Waals surface area contributed by atoms with Crippen LogP contribution in [0.5, 0.6) is 0 Å². The Bertz CT molecular complexity index is 548. The van der Waals surface area contributed by atoms with Gasteiger partial charge in [0.25, 0.3) is 0 Å². The summed E-state index contributed by atoms with van der Waals surface area (Å²) in [5.41, 5.74) is 1.16. The van der Waals surface area contributed by atoms with Crippen LogP contribution in [-0.2, 0) is 16.8 Å². The zero-order valence-electron chi connectivity index (χ0n) is 10.9. The van der Waals surface area contributed by atoms with Crippen LogP contribution >= 0.6 is 0 Å². The zero-order valence-corrected chi connectivity index (χ0v) is 10.9. The first-order chi connectivity index (χ1) is 9.22. The molecule has 0 aromatic carbocycles. The number of H-pyrrole nitrogens is 1. The molecule has 0 radical (unpaired) electrons. The Morgan fingerprint density at radius 3 is 2.74 bits per heavy atom. The SMILES string of the molecule is C#CCc1[nH]c(=O)ccc1C1(NC=O)CCCCC1. The Morgan fingerprint density at radius 2 is 2.11 bits per heavy atom. The Kier molecular flexibility index (Phi) is 4.06. The number of rotatable bonds is 4. The number of nitrogens with one attached hydrogen (secondary N) is 2. The fraction of sp³-hybridized carbons (Fsp3) is 0.467. The average molecular weight is 258 g/mol. The van der Waals surface area contributed by atoms with Crippen LogP contribution in [-0.4, -0.2) is 11.4 Å². The van der Waals surface area contributed by atoms with Gasteiger partial charge in [-0.15, -0.1) is 12.3 Å². The number of aromatic amines is 1. The molecule has 1 amide bonds. The summed E-state index contributed by atoms with van der Waals surface area (Å²) >= 11 is 0. The van der Waals surface area contributed by atoms with Crippen LogP contribution in [0.4, 0.5) is 0 Å². The average Bonchev–Trinajstić information content (AvgIpc) is 2.40. The zero-order chi connectivity index (χ0) is 13.7. The second-order valence-electron chi connectivity index (χ2n) is 5.00. The maximum absolute atomic E-state index is 11.4. The van der Waals surface area contributed by atoms with E-state index in [0.29, 0.717) is 6.42 Å². The van der Waals surface area contributed by atoms with Gasteiger partial charge in [-0.25, -0.2) is 0 Å². The molecule has 1 aromatic heterocycles. The monoisotopic (exact) mass is 258 g/mol. The van der Waals surface area contributed by atoms with E-state index in [1.807, 2.05) is 0 Å². The van der Waals surface area contributed by atoms with Gasteiger partial charge in [-0.1, -0.05) is 19.3 Å². The van der Waals surface area contributed by atoms with Crippen molar-refractivity contribution < 1.29 is 4.79 Å². The molecule has 0 aliphatic heterocycles. The molecule has 0 atom stereocenters. The fourth-order valence-electron chi connectivity index (χ4n) is 2.97. The van der Waals surface area contributed by atoms with E-state index in [2.05, 4.69) is 16.2 Å². The van der Waals surface area contributed by atoms with E-state index in [1.165, 1.54) is 12.5 Å². The third-order valence-corrected chi connectivity index (χ3v) is 3.84. The molecule has 1 fully saturated rings. The molecule has 1 aromatic rings. The minimum absolute atomic E-state index is 0.161. The molecule has 4 nitrogen and oxygen atoms in total. The van der Waals surface area contributed by atoms with Gasteiger partial charge in [0.2, 0.25) is 12.0 Å². The summed E-state index contributed by atoms with van der Waals surface area (Å²) in [6, 6.07) is 3.30. The molecule has 2 N–H and O–H groups in total. The molecule has 0 bridgehead atoms. The van der Waals surface area contributed by atoms with Crippen molar-refractivity contribution in [2.75, 3.05) is 0 Å². The number of terminal acetylenes is 1. The second-order valence-corrected chi connectivity index (χ2v) is 5.00. The van der Waals surface area contributed by atoms with Crippen molar-refractivity contribution in [2.45, 2.75) is 44.1 Å². The third kappa shape index (κ3) is 2.70. The molecule has 1 heterocycles. The van der Waals surface area contributed by atoms with Crippen LogP contribution in [0.25, 0.3) is 0 Å². The van der Waals surface area contributed by atoms with Crippen molar-refractivity contribution in [2.24, 2.45) is 0 Å². The van der Waals surface area contributed by atoms with E-state index >= 15 is 0 Å². The van der Waals surface area contributed by atoms with Gasteiger partial charge in [-0.3, -0.25) is 9.59 Å². The first kappa shape index (κ1) is 13.4. The molecule has 1 aliphatic rings. The number of pyridine rings is 1. The summed E-state index contributed by atoms with van der Waals surface area (Å²) in [6.07, 6.45) is 11.6. The Labute approximate surface area is 112 Å². The Hall–Kier alpha value is -2.02. The van der Waals surface area contributed by atoms with Gasteiger partial charge in [0.05, 0.1) is 5.54 Å². The van der Waals surface area contributed by atoms with Crippen molar-refractivity contribution in [3.63, 3.8) is 0 Å². The summed E-state index contributed by atoms with van der Waals surface area (Å²) < 4.78 is 0. The summed E-state index contributed by atoms with van der Waals surface area (Å²) in [5, 5.41) is 2.96. The standard InChI is InChI=1S/C15H18N2O2/c1-2-6-13-12(7-8-14(19)17-13)15(16-11-18)9-4-3-5-10-15/h1,7-8,11H,3-6,9-10H2,(H,16,18)(H,17,19). The maximum Gasteiger partial charge on any atom is 0.248 e. The number of carbonyl (C=O) groups excluding carboxylic acids is 1. The highest BCUT2D eigenvalue weighted by molar-refractivity contribution is 5.50. The van der Waals surface area contributed by atoms with Crippen LogP contribution < -0.4 is 10.9 Å².